The maximum absolute atomic E-state index is 12.8. The maximum atomic E-state index is 12.8. The third-order valence-corrected chi connectivity index (χ3v) is 4.96. The molecule has 0 fully saturated rings. The van der Waals surface area contributed by atoms with Gasteiger partial charge in [-0.05, 0) is 36.8 Å². The quantitative estimate of drug-likeness (QED) is 0.670. The average molecular weight is 396 g/mol. The van der Waals surface area contributed by atoms with Crippen LogP contribution in [-0.4, -0.2) is 39.4 Å². The molecule has 0 bridgehead atoms. The highest BCUT2D eigenvalue weighted by atomic mass is 32.1. The largest absolute Gasteiger partial charge is 0.454 e. The second kappa shape index (κ2) is 7.47. The molecule has 0 unspecified atom stereocenters. The minimum Gasteiger partial charge on any atom is -0.454 e. The van der Waals surface area contributed by atoms with Gasteiger partial charge in [0.2, 0.25) is 12.7 Å². The van der Waals surface area contributed by atoms with Crippen molar-refractivity contribution in [1.82, 2.24) is 19.7 Å². The van der Waals surface area contributed by atoms with E-state index in [9.17, 15) is 4.79 Å². The fourth-order valence-electron chi connectivity index (χ4n) is 3.04. The van der Waals surface area contributed by atoms with Crippen molar-refractivity contribution >= 4 is 18.1 Å². The number of aromatic amines is 1. The summed E-state index contributed by atoms with van der Waals surface area (Å²) in [6, 6.07) is 13.6. The van der Waals surface area contributed by atoms with Crippen LogP contribution >= 0.6 is 12.2 Å². The third-order valence-electron chi connectivity index (χ3n) is 4.64. The number of carbonyl (C=O) groups excluding carboxylic acids is 1. The number of aryl methyl sites for hydroxylation is 1. The van der Waals surface area contributed by atoms with E-state index in [1.165, 1.54) is 0 Å². The van der Waals surface area contributed by atoms with E-state index in [-0.39, 0.29) is 19.2 Å². The van der Waals surface area contributed by atoms with E-state index in [0.29, 0.717) is 22.9 Å². The van der Waals surface area contributed by atoms with Gasteiger partial charge >= 0.3 is 0 Å². The van der Waals surface area contributed by atoms with E-state index < -0.39 is 0 Å². The van der Waals surface area contributed by atoms with Gasteiger partial charge in [0.05, 0.1) is 0 Å². The van der Waals surface area contributed by atoms with Crippen LogP contribution < -0.4 is 9.47 Å². The number of amides is 1. The third kappa shape index (κ3) is 3.63. The molecular formula is C20H20N4O3S. The number of aromatic nitrogens is 3. The normalized spacial score (nSPS) is 12.2. The Morgan fingerprint density at radius 3 is 2.75 bits per heavy atom. The first kappa shape index (κ1) is 18.2. The molecule has 0 atom stereocenters. The predicted octanol–water partition coefficient (Wildman–Crippen LogP) is 3.30. The molecule has 1 aromatic heterocycles. The second-order valence-corrected chi connectivity index (χ2v) is 7.13. The molecule has 4 rings (SSSR count). The zero-order valence-electron chi connectivity index (χ0n) is 15.6. The fourth-order valence-corrected chi connectivity index (χ4v) is 3.24. The summed E-state index contributed by atoms with van der Waals surface area (Å²) in [6.45, 7) is 2.82. The molecular weight excluding hydrogens is 376 g/mol. The zero-order valence-corrected chi connectivity index (χ0v) is 16.5. The molecule has 7 nitrogen and oxygen atoms in total. The van der Waals surface area contributed by atoms with Crippen LogP contribution in [0.3, 0.4) is 0 Å². The van der Waals surface area contributed by atoms with Crippen LogP contribution in [-0.2, 0) is 17.9 Å². The summed E-state index contributed by atoms with van der Waals surface area (Å²) >= 11 is 5.33. The highest BCUT2D eigenvalue weighted by Gasteiger charge is 2.17. The van der Waals surface area contributed by atoms with E-state index in [1.54, 1.807) is 16.5 Å². The molecule has 0 radical (unpaired) electrons. The van der Waals surface area contributed by atoms with Gasteiger partial charge in [0.25, 0.3) is 0 Å². The van der Waals surface area contributed by atoms with Crippen LogP contribution in [0.15, 0.2) is 42.5 Å². The number of hydrogen-bond donors (Lipinski definition) is 1. The molecule has 0 spiro atoms. The summed E-state index contributed by atoms with van der Waals surface area (Å²) in [6.07, 6.45) is 0. The molecule has 1 aliphatic rings. The van der Waals surface area contributed by atoms with Crippen molar-refractivity contribution in [2.45, 2.75) is 20.0 Å². The van der Waals surface area contributed by atoms with Crippen molar-refractivity contribution in [3.05, 3.63) is 58.4 Å². The van der Waals surface area contributed by atoms with E-state index in [4.69, 9.17) is 21.7 Å². The van der Waals surface area contributed by atoms with Crippen molar-refractivity contribution < 1.29 is 14.3 Å². The SMILES string of the molecule is Cc1ccc(-c2n[nH]c(=S)n2CC(=O)N(C)Cc2ccc3c(c2)OCO3)cc1. The van der Waals surface area contributed by atoms with E-state index in [2.05, 4.69) is 10.2 Å². The Morgan fingerprint density at radius 1 is 1.21 bits per heavy atom. The number of fused-ring (bicyclic) bond motifs is 1. The summed E-state index contributed by atoms with van der Waals surface area (Å²) in [4.78, 5) is 14.5. The van der Waals surface area contributed by atoms with Gasteiger partial charge in [0, 0.05) is 19.2 Å². The minimum atomic E-state index is -0.0662. The van der Waals surface area contributed by atoms with Crippen LogP contribution in [0, 0.1) is 11.7 Å². The molecule has 0 aliphatic carbocycles. The van der Waals surface area contributed by atoms with Crippen LogP contribution in [0.25, 0.3) is 11.4 Å². The van der Waals surface area contributed by atoms with Crippen LogP contribution in [0.4, 0.5) is 0 Å². The number of nitrogens with zero attached hydrogens (tertiary/aromatic N) is 3. The molecule has 0 saturated heterocycles. The molecule has 1 aliphatic heterocycles. The highest BCUT2D eigenvalue weighted by molar-refractivity contribution is 7.71. The van der Waals surface area contributed by atoms with Crippen molar-refractivity contribution in [2.24, 2.45) is 0 Å². The summed E-state index contributed by atoms with van der Waals surface area (Å²) in [7, 11) is 1.77. The summed E-state index contributed by atoms with van der Waals surface area (Å²) in [5.41, 5.74) is 3.03. The monoisotopic (exact) mass is 396 g/mol. The average Bonchev–Trinajstić information content (AvgIpc) is 3.29. The Bertz CT molecular complexity index is 1070. The van der Waals surface area contributed by atoms with Crippen molar-refractivity contribution in [3.63, 3.8) is 0 Å². The fraction of sp³-hybridized carbons (Fsp3) is 0.250. The molecule has 28 heavy (non-hydrogen) atoms. The lowest BCUT2D eigenvalue weighted by Crippen LogP contribution is -2.30. The topological polar surface area (TPSA) is 72.4 Å². The smallest absolute Gasteiger partial charge is 0.242 e. The van der Waals surface area contributed by atoms with Gasteiger partial charge in [-0.25, -0.2) is 0 Å². The molecule has 1 N–H and O–H groups in total. The number of H-pyrrole nitrogens is 1. The Hall–Kier alpha value is -3.13. The predicted molar refractivity (Wildman–Crippen MR) is 107 cm³/mol. The first-order valence-electron chi connectivity index (χ1n) is 8.86. The molecule has 3 aromatic rings. The summed E-state index contributed by atoms with van der Waals surface area (Å²) < 4.78 is 12.9. The second-order valence-electron chi connectivity index (χ2n) is 6.74. The van der Waals surface area contributed by atoms with Crippen molar-refractivity contribution in [1.29, 1.82) is 0 Å². The van der Waals surface area contributed by atoms with Gasteiger partial charge in [-0.2, -0.15) is 5.10 Å². The van der Waals surface area contributed by atoms with Crippen molar-refractivity contribution in [3.8, 4) is 22.9 Å². The Kier molecular flexibility index (Phi) is 4.87. The van der Waals surface area contributed by atoms with Gasteiger partial charge in [0.1, 0.15) is 6.54 Å². The van der Waals surface area contributed by atoms with Crippen LogP contribution in [0.1, 0.15) is 11.1 Å². The van der Waals surface area contributed by atoms with Crippen LogP contribution in [0.5, 0.6) is 11.5 Å². The summed E-state index contributed by atoms with van der Waals surface area (Å²) in [5.74, 6) is 2.01. The number of carbonyl (C=O) groups is 1. The number of hydrogen-bond acceptors (Lipinski definition) is 5. The van der Waals surface area contributed by atoms with E-state index >= 15 is 0 Å². The first-order chi connectivity index (χ1) is 13.5. The zero-order chi connectivity index (χ0) is 19.7. The van der Waals surface area contributed by atoms with Gasteiger partial charge < -0.3 is 14.4 Å². The van der Waals surface area contributed by atoms with Gasteiger partial charge in [0.15, 0.2) is 22.1 Å². The van der Waals surface area contributed by atoms with E-state index in [1.807, 2.05) is 49.4 Å². The molecule has 2 heterocycles. The number of rotatable bonds is 5. The lowest BCUT2D eigenvalue weighted by atomic mass is 10.1. The Morgan fingerprint density at radius 2 is 1.96 bits per heavy atom. The van der Waals surface area contributed by atoms with Gasteiger partial charge in [-0.15, -0.1) is 0 Å². The summed E-state index contributed by atoms with van der Waals surface area (Å²) in [5, 5.41) is 7.08. The number of ether oxygens (including phenoxy) is 2. The minimum absolute atomic E-state index is 0.0662. The number of nitrogens with one attached hydrogen (secondary N) is 1. The maximum Gasteiger partial charge on any atom is 0.242 e. The van der Waals surface area contributed by atoms with Crippen molar-refractivity contribution in [2.75, 3.05) is 13.8 Å². The number of likely N-dealkylation sites (N-methyl/N-ethyl adjacent to an activating group) is 1. The van der Waals surface area contributed by atoms with Gasteiger partial charge in [-0.1, -0.05) is 35.9 Å². The molecule has 0 saturated carbocycles. The molecule has 2 aromatic carbocycles. The Balaban J connectivity index is 1.50. The molecule has 1 amide bonds. The van der Waals surface area contributed by atoms with E-state index in [0.717, 1.165) is 22.4 Å². The molecule has 8 heteroatoms. The lowest BCUT2D eigenvalue weighted by molar-refractivity contribution is -0.131. The standard InChI is InChI=1S/C20H20N4O3S/c1-13-3-6-15(7-4-13)19-21-22-20(28)24(19)11-18(25)23(2)10-14-5-8-16-17(9-14)27-12-26-16/h3-9H,10-12H2,1-2H3,(H,22,28). The Labute approximate surface area is 167 Å². The number of benzene rings is 2. The van der Waals surface area contributed by atoms with Gasteiger partial charge in [-0.3, -0.25) is 14.5 Å². The highest BCUT2D eigenvalue weighted by Crippen LogP contribution is 2.32. The van der Waals surface area contributed by atoms with Crippen LogP contribution in [0.2, 0.25) is 0 Å². The first-order valence-corrected chi connectivity index (χ1v) is 9.27. The lowest BCUT2D eigenvalue weighted by Gasteiger charge is -2.18. The molecule has 144 valence electrons.